The number of anilines is 1. The molecule has 3 rings (SSSR count). The largest absolute Gasteiger partial charge is 0.497 e. The Morgan fingerprint density at radius 3 is 2.33 bits per heavy atom. The average Bonchev–Trinajstić information content (AvgIpc) is 2.86. The molecule has 0 fully saturated rings. The number of halogens is 2. The molecule has 0 aliphatic heterocycles. The van der Waals surface area contributed by atoms with Gasteiger partial charge < -0.3 is 20.1 Å². The summed E-state index contributed by atoms with van der Waals surface area (Å²) in [4.78, 5) is 36.3. The van der Waals surface area contributed by atoms with Crippen LogP contribution in [0.4, 0.5) is 5.69 Å². The van der Waals surface area contributed by atoms with Crippen LogP contribution in [-0.4, -0.2) is 37.7 Å². The molecular weight excluding hydrogens is 507 g/mol. The zero-order chi connectivity index (χ0) is 25.9. The zero-order valence-corrected chi connectivity index (χ0v) is 20.6. The molecule has 0 aromatic heterocycles. The lowest BCUT2D eigenvalue weighted by Gasteiger charge is -2.10. The van der Waals surface area contributed by atoms with Gasteiger partial charge in [-0.15, -0.1) is 0 Å². The molecule has 186 valence electrons. The van der Waals surface area contributed by atoms with Crippen molar-refractivity contribution >= 4 is 52.8 Å². The van der Waals surface area contributed by atoms with Gasteiger partial charge in [0.1, 0.15) is 11.5 Å². The molecule has 0 heterocycles. The number of hydrogen-bond donors (Lipinski definition) is 3. The van der Waals surface area contributed by atoms with Crippen LogP contribution in [0.3, 0.4) is 0 Å². The normalized spacial score (nSPS) is 10.5. The summed E-state index contributed by atoms with van der Waals surface area (Å²) < 4.78 is 10.6. The van der Waals surface area contributed by atoms with Gasteiger partial charge in [0.2, 0.25) is 0 Å². The number of rotatable bonds is 9. The summed E-state index contributed by atoms with van der Waals surface area (Å²) in [6, 6.07) is 18.5. The Morgan fingerprint density at radius 2 is 1.64 bits per heavy atom. The maximum absolute atomic E-state index is 12.2. The van der Waals surface area contributed by atoms with E-state index in [-0.39, 0.29) is 13.2 Å². The zero-order valence-electron chi connectivity index (χ0n) is 19.1. The standard InChI is InChI=1S/C25H22Cl2N4O5/c1-35-21-8-6-16(7-9-21)13-28-24(33)25(34)31-29-14-17-4-2-3-5-22(17)36-15-23(32)30-20-11-18(26)10-19(27)12-20/h2-12,14H,13,15H2,1H3,(H,28,33)(H,30,32)(H,31,34)/b29-14-. The van der Waals surface area contributed by atoms with Gasteiger partial charge in [0, 0.05) is 27.8 Å². The molecule has 0 aliphatic rings. The van der Waals surface area contributed by atoms with Gasteiger partial charge in [-0.25, -0.2) is 5.43 Å². The van der Waals surface area contributed by atoms with E-state index >= 15 is 0 Å². The predicted molar refractivity (Wildman–Crippen MR) is 138 cm³/mol. The van der Waals surface area contributed by atoms with E-state index in [0.717, 1.165) is 5.56 Å². The highest BCUT2D eigenvalue weighted by Crippen LogP contribution is 2.22. The second kappa shape index (κ2) is 13.1. The fourth-order valence-electron chi connectivity index (χ4n) is 2.90. The van der Waals surface area contributed by atoms with Crippen molar-refractivity contribution in [1.29, 1.82) is 0 Å². The van der Waals surface area contributed by atoms with Crippen LogP contribution in [0.25, 0.3) is 0 Å². The Balaban J connectivity index is 1.49. The van der Waals surface area contributed by atoms with Gasteiger partial charge in [0.25, 0.3) is 5.91 Å². The first kappa shape index (κ1) is 26.5. The molecule has 11 heteroatoms. The highest BCUT2D eigenvalue weighted by Gasteiger charge is 2.12. The number of hydrogen-bond acceptors (Lipinski definition) is 6. The summed E-state index contributed by atoms with van der Waals surface area (Å²) in [5.74, 6) is -1.17. The van der Waals surface area contributed by atoms with Crippen molar-refractivity contribution in [3.63, 3.8) is 0 Å². The third-order valence-electron chi connectivity index (χ3n) is 4.61. The van der Waals surface area contributed by atoms with Crippen LogP contribution in [-0.2, 0) is 20.9 Å². The Hall–Kier alpha value is -4.08. The van der Waals surface area contributed by atoms with Crippen LogP contribution in [0.15, 0.2) is 71.8 Å². The molecule has 0 saturated carbocycles. The number of carbonyl (C=O) groups is 3. The minimum absolute atomic E-state index is 0.167. The maximum Gasteiger partial charge on any atom is 0.329 e. The summed E-state index contributed by atoms with van der Waals surface area (Å²) in [5.41, 5.74) is 3.88. The first-order valence-corrected chi connectivity index (χ1v) is 11.3. The molecular formula is C25H22Cl2N4O5. The first-order chi connectivity index (χ1) is 17.3. The maximum atomic E-state index is 12.2. The summed E-state index contributed by atoms with van der Waals surface area (Å²) in [5, 5.41) is 9.72. The molecule has 3 aromatic carbocycles. The van der Waals surface area contributed by atoms with E-state index in [4.69, 9.17) is 32.7 Å². The van der Waals surface area contributed by atoms with Gasteiger partial charge in [-0.2, -0.15) is 5.10 Å². The molecule has 0 unspecified atom stereocenters. The molecule has 3 aromatic rings. The average molecular weight is 529 g/mol. The summed E-state index contributed by atoms with van der Waals surface area (Å²) in [7, 11) is 1.56. The molecule has 0 saturated heterocycles. The van der Waals surface area contributed by atoms with Crippen LogP contribution < -0.4 is 25.5 Å². The lowest BCUT2D eigenvalue weighted by Crippen LogP contribution is -2.37. The minimum atomic E-state index is -0.933. The Morgan fingerprint density at radius 1 is 0.944 bits per heavy atom. The molecule has 0 spiro atoms. The summed E-state index contributed by atoms with van der Waals surface area (Å²) in [6.07, 6.45) is 1.30. The fraction of sp³-hybridized carbons (Fsp3) is 0.120. The second-order valence-electron chi connectivity index (χ2n) is 7.26. The Bertz CT molecular complexity index is 1250. The van der Waals surface area contributed by atoms with E-state index in [1.54, 1.807) is 73.8 Å². The van der Waals surface area contributed by atoms with E-state index in [1.807, 2.05) is 0 Å². The summed E-state index contributed by atoms with van der Waals surface area (Å²) >= 11 is 11.9. The number of ether oxygens (including phenoxy) is 2. The van der Waals surface area contributed by atoms with E-state index in [9.17, 15) is 14.4 Å². The monoisotopic (exact) mass is 528 g/mol. The van der Waals surface area contributed by atoms with Crippen molar-refractivity contribution in [2.45, 2.75) is 6.54 Å². The van der Waals surface area contributed by atoms with Crippen LogP contribution in [0, 0.1) is 0 Å². The molecule has 0 atom stereocenters. The smallest absolute Gasteiger partial charge is 0.329 e. The molecule has 0 bridgehead atoms. The molecule has 0 radical (unpaired) electrons. The lowest BCUT2D eigenvalue weighted by molar-refractivity contribution is -0.139. The van der Waals surface area contributed by atoms with Crippen molar-refractivity contribution in [2.24, 2.45) is 5.10 Å². The van der Waals surface area contributed by atoms with E-state index in [2.05, 4.69) is 21.2 Å². The number of carbonyl (C=O) groups excluding carboxylic acids is 3. The molecule has 36 heavy (non-hydrogen) atoms. The van der Waals surface area contributed by atoms with Gasteiger partial charge in [-0.1, -0.05) is 47.5 Å². The Labute approximate surface area is 217 Å². The quantitative estimate of drug-likeness (QED) is 0.222. The molecule has 9 nitrogen and oxygen atoms in total. The lowest BCUT2D eigenvalue weighted by atomic mass is 10.2. The van der Waals surface area contributed by atoms with Crippen LogP contribution in [0.5, 0.6) is 11.5 Å². The van der Waals surface area contributed by atoms with Crippen LogP contribution in [0.1, 0.15) is 11.1 Å². The molecule has 3 N–H and O–H groups in total. The SMILES string of the molecule is COc1ccc(CNC(=O)C(=O)N/N=C\c2ccccc2OCC(=O)Nc2cc(Cl)cc(Cl)c2)cc1. The van der Waals surface area contributed by atoms with Crippen molar-refractivity contribution in [3.05, 3.63) is 87.9 Å². The summed E-state index contributed by atoms with van der Waals surface area (Å²) in [6.45, 7) is -0.130. The number of hydrazone groups is 1. The number of amides is 3. The third kappa shape index (κ3) is 8.30. The minimum Gasteiger partial charge on any atom is -0.497 e. The van der Waals surface area contributed by atoms with Crippen LogP contribution >= 0.6 is 23.2 Å². The topological polar surface area (TPSA) is 118 Å². The van der Waals surface area contributed by atoms with Gasteiger partial charge in [-0.05, 0) is 48.0 Å². The van der Waals surface area contributed by atoms with Crippen LogP contribution in [0.2, 0.25) is 10.0 Å². The number of nitrogens with zero attached hydrogens (tertiary/aromatic N) is 1. The van der Waals surface area contributed by atoms with Gasteiger partial charge in [0.15, 0.2) is 6.61 Å². The highest BCUT2D eigenvalue weighted by atomic mass is 35.5. The van der Waals surface area contributed by atoms with E-state index < -0.39 is 17.7 Å². The number of para-hydroxylation sites is 1. The van der Waals surface area contributed by atoms with Crippen molar-refractivity contribution in [3.8, 4) is 11.5 Å². The highest BCUT2D eigenvalue weighted by molar-refractivity contribution is 6.35. The number of methoxy groups -OCH3 is 1. The second-order valence-corrected chi connectivity index (χ2v) is 8.14. The molecule has 0 aliphatic carbocycles. The van der Waals surface area contributed by atoms with Crippen molar-refractivity contribution in [1.82, 2.24) is 10.7 Å². The number of benzene rings is 3. The van der Waals surface area contributed by atoms with Crippen molar-refractivity contribution < 1.29 is 23.9 Å². The van der Waals surface area contributed by atoms with E-state index in [0.29, 0.717) is 32.8 Å². The molecule has 3 amide bonds. The van der Waals surface area contributed by atoms with E-state index in [1.165, 1.54) is 6.21 Å². The predicted octanol–water partition coefficient (Wildman–Crippen LogP) is 3.79. The fourth-order valence-corrected chi connectivity index (χ4v) is 3.43. The van der Waals surface area contributed by atoms with Crippen molar-refractivity contribution in [2.75, 3.05) is 19.0 Å². The van der Waals surface area contributed by atoms with Gasteiger partial charge >= 0.3 is 11.8 Å². The van der Waals surface area contributed by atoms with Gasteiger partial charge in [0.05, 0.1) is 13.3 Å². The number of nitrogens with one attached hydrogen (secondary N) is 3. The Kier molecular flexibility index (Phi) is 9.67. The first-order valence-electron chi connectivity index (χ1n) is 10.6. The third-order valence-corrected chi connectivity index (χ3v) is 5.05. The van der Waals surface area contributed by atoms with Gasteiger partial charge in [-0.3, -0.25) is 14.4 Å².